The van der Waals surface area contributed by atoms with Crippen molar-refractivity contribution in [1.29, 1.82) is 0 Å². The number of amides is 2. The van der Waals surface area contributed by atoms with Crippen LogP contribution in [0.25, 0.3) is 0 Å². The number of carbonyl (C=O) groups excluding carboxylic acids is 2. The van der Waals surface area contributed by atoms with Gasteiger partial charge in [0.05, 0.1) is 6.04 Å². The lowest BCUT2D eigenvalue weighted by Gasteiger charge is -2.21. The molecule has 0 aromatic heterocycles. The fraction of sp³-hybridized carbons (Fsp3) is 0.833. The van der Waals surface area contributed by atoms with E-state index in [1.165, 1.54) is 0 Å². The largest absolute Gasteiger partial charge is 0.354 e. The fourth-order valence-corrected chi connectivity index (χ4v) is 1.97. The summed E-state index contributed by atoms with van der Waals surface area (Å²) in [6, 6.07) is 0.0633. The van der Waals surface area contributed by atoms with Gasteiger partial charge in [-0.15, -0.1) is 0 Å². The Balaban J connectivity index is 2.33. The second kappa shape index (κ2) is 6.59. The van der Waals surface area contributed by atoms with Gasteiger partial charge < -0.3 is 16.0 Å². The van der Waals surface area contributed by atoms with Gasteiger partial charge in [0.1, 0.15) is 0 Å². The van der Waals surface area contributed by atoms with E-state index in [-0.39, 0.29) is 29.9 Å². The molecule has 1 aliphatic rings. The van der Waals surface area contributed by atoms with Crippen LogP contribution in [0.2, 0.25) is 0 Å². The molecule has 2 amide bonds. The Morgan fingerprint density at radius 1 is 1.47 bits per heavy atom. The van der Waals surface area contributed by atoms with Crippen molar-refractivity contribution < 1.29 is 9.59 Å². The summed E-state index contributed by atoms with van der Waals surface area (Å²) >= 11 is 0. The van der Waals surface area contributed by atoms with E-state index in [0.717, 1.165) is 12.8 Å². The SMILES string of the molecule is CCC(CC)NC(=O)C(C)NC1CNC(=O)C1. The van der Waals surface area contributed by atoms with Crippen LogP contribution in [0, 0.1) is 0 Å². The van der Waals surface area contributed by atoms with Crippen LogP contribution >= 0.6 is 0 Å². The maximum absolute atomic E-state index is 11.9. The van der Waals surface area contributed by atoms with Gasteiger partial charge in [0.25, 0.3) is 0 Å². The highest BCUT2D eigenvalue weighted by molar-refractivity contribution is 5.82. The molecule has 1 heterocycles. The summed E-state index contributed by atoms with van der Waals surface area (Å²) in [7, 11) is 0. The van der Waals surface area contributed by atoms with Crippen LogP contribution in [-0.4, -0.2) is 36.5 Å². The average molecular weight is 241 g/mol. The predicted octanol–water partition coefficient (Wildman–Crippen LogP) is 0.158. The monoisotopic (exact) mass is 241 g/mol. The molecule has 1 aliphatic heterocycles. The quantitative estimate of drug-likeness (QED) is 0.620. The minimum atomic E-state index is -0.256. The normalized spacial score (nSPS) is 21.4. The van der Waals surface area contributed by atoms with Gasteiger partial charge >= 0.3 is 0 Å². The molecule has 0 saturated carbocycles. The van der Waals surface area contributed by atoms with Crippen LogP contribution in [0.5, 0.6) is 0 Å². The first kappa shape index (κ1) is 14.0. The second-order valence-corrected chi connectivity index (χ2v) is 4.62. The zero-order chi connectivity index (χ0) is 12.8. The standard InChI is InChI=1S/C12H23N3O2/c1-4-9(5-2)15-12(17)8(3)14-10-6-11(16)13-7-10/h8-10,14H,4-7H2,1-3H3,(H,13,16)(H,15,17). The van der Waals surface area contributed by atoms with Crippen molar-refractivity contribution in [3.63, 3.8) is 0 Å². The Hall–Kier alpha value is -1.10. The minimum absolute atomic E-state index is 0.0121. The van der Waals surface area contributed by atoms with Gasteiger partial charge in [-0.05, 0) is 19.8 Å². The van der Waals surface area contributed by atoms with Gasteiger partial charge in [-0.3, -0.25) is 9.59 Å². The van der Waals surface area contributed by atoms with E-state index in [4.69, 9.17) is 0 Å². The number of rotatable bonds is 6. The Labute approximate surface area is 103 Å². The van der Waals surface area contributed by atoms with Crippen molar-refractivity contribution in [3.8, 4) is 0 Å². The van der Waals surface area contributed by atoms with Crippen LogP contribution in [0.15, 0.2) is 0 Å². The molecule has 2 atom stereocenters. The highest BCUT2D eigenvalue weighted by atomic mass is 16.2. The number of hydrogen-bond acceptors (Lipinski definition) is 3. The van der Waals surface area contributed by atoms with Gasteiger partial charge in [-0.2, -0.15) is 0 Å². The molecule has 5 nitrogen and oxygen atoms in total. The summed E-state index contributed by atoms with van der Waals surface area (Å²) < 4.78 is 0. The van der Waals surface area contributed by atoms with Gasteiger partial charge in [0, 0.05) is 25.0 Å². The van der Waals surface area contributed by atoms with Crippen molar-refractivity contribution in [2.75, 3.05) is 6.54 Å². The molecule has 0 aromatic rings. The van der Waals surface area contributed by atoms with E-state index in [1.807, 2.05) is 6.92 Å². The molecule has 0 radical (unpaired) electrons. The molecular formula is C12H23N3O2. The molecule has 1 rings (SSSR count). The van der Waals surface area contributed by atoms with Crippen LogP contribution in [-0.2, 0) is 9.59 Å². The first-order chi connectivity index (χ1) is 8.06. The Morgan fingerprint density at radius 2 is 2.12 bits per heavy atom. The summed E-state index contributed by atoms with van der Waals surface area (Å²) in [6.07, 6.45) is 2.35. The minimum Gasteiger partial charge on any atom is -0.354 e. The molecule has 0 aromatic carbocycles. The third kappa shape index (κ3) is 4.34. The predicted molar refractivity (Wildman–Crippen MR) is 66.5 cm³/mol. The molecule has 17 heavy (non-hydrogen) atoms. The Morgan fingerprint density at radius 3 is 2.59 bits per heavy atom. The lowest BCUT2D eigenvalue weighted by Crippen LogP contribution is -2.49. The van der Waals surface area contributed by atoms with Crippen molar-refractivity contribution >= 4 is 11.8 Å². The second-order valence-electron chi connectivity index (χ2n) is 4.62. The summed E-state index contributed by atoms with van der Waals surface area (Å²) in [5.74, 6) is 0.0631. The topological polar surface area (TPSA) is 70.2 Å². The molecule has 98 valence electrons. The Bertz CT molecular complexity index is 277. The van der Waals surface area contributed by atoms with Crippen LogP contribution in [0.1, 0.15) is 40.0 Å². The molecular weight excluding hydrogens is 218 g/mol. The van der Waals surface area contributed by atoms with Crippen molar-refractivity contribution in [2.45, 2.75) is 58.2 Å². The smallest absolute Gasteiger partial charge is 0.237 e. The fourth-order valence-electron chi connectivity index (χ4n) is 1.97. The highest BCUT2D eigenvalue weighted by Crippen LogP contribution is 2.02. The zero-order valence-corrected chi connectivity index (χ0v) is 10.9. The summed E-state index contributed by atoms with van der Waals surface area (Å²) in [6.45, 7) is 6.57. The van der Waals surface area contributed by atoms with Crippen LogP contribution < -0.4 is 16.0 Å². The zero-order valence-electron chi connectivity index (χ0n) is 10.9. The van der Waals surface area contributed by atoms with Crippen LogP contribution in [0.3, 0.4) is 0 Å². The first-order valence-corrected chi connectivity index (χ1v) is 6.39. The average Bonchev–Trinajstić information content (AvgIpc) is 2.71. The molecule has 1 saturated heterocycles. The number of carbonyl (C=O) groups is 2. The molecule has 0 aliphatic carbocycles. The number of nitrogens with one attached hydrogen (secondary N) is 3. The van der Waals surface area contributed by atoms with Gasteiger partial charge in [0.2, 0.25) is 11.8 Å². The van der Waals surface area contributed by atoms with E-state index >= 15 is 0 Å². The third-order valence-electron chi connectivity index (χ3n) is 3.19. The lowest BCUT2D eigenvalue weighted by atomic mass is 10.1. The maximum atomic E-state index is 11.9. The first-order valence-electron chi connectivity index (χ1n) is 6.39. The summed E-state index contributed by atoms with van der Waals surface area (Å²) in [5.41, 5.74) is 0. The summed E-state index contributed by atoms with van der Waals surface area (Å²) in [5, 5.41) is 8.91. The van der Waals surface area contributed by atoms with Crippen molar-refractivity contribution in [2.24, 2.45) is 0 Å². The van der Waals surface area contributed by atoms with E-state index in [0.29, 0.717) is 13.0 Å². The number of hydrogen-bond donors (Lipinski definition) is 3. The molecule has 1 fully saturated rings. The molecule has 5 heteroatoms. The van der Waals surface area contributed by atoms with E-state index in [1.54, 1.807) is 0 Å². The summed E-state index contributed by atoms with van der Waals surface area (Å²) in [4.78, 5) is 22.9. The van der Waals surface area contributed by atoms with E-state index in [9.17, 15) is 9.59 Å². The van der Waals surface area contributed by atoms with Crippen LogP contribution in [0.4, 0.5) is 0 Å². The van der Waals surface area contributed by atoms with Gasteiger partial charge in [-0.1, -0.05) is 13.8 Å². The van der Waals surface area contributed by atoms with E-state index in [2.05, 4.69) is 29.8 Å². The van der Waals surface area contributed by atoms with E-state index < -0.39 is 0 Å². The lowest BCUT2D eigenvalue weighted by molar-refractivity contribution is -0.124. The molecule has 3 N–H and O–H groups in total. The third-order valence-corrected chi connectivity index (χ3v) is 3.19. The van der Waals surface area contributed by atoms with Gasteiger partial charge in [0.15, 0.2) is 0 Å². The molecule has 0 spiro atoms. The van der Waals surface area contributed by atoms with Crippen molar-refractivity contribution in [1.82, 2.24) is 16.0 Å². The highest BCUT2D eigenvalue weighted by Gasteiger charge is 2.25. The van der Waals surface area contributed by atoms with Crippen molar-refractivity contribution in [3.05, 3.63) is 0 Å². The van der Waals surface area contributed by atoms with Gasteiger partial charge in [-0.25, -0.2) is 0 Å². The maximum Gasteiger partial charge on any atom is 0.237 e. The molecule has 2 unspecified atom stereocenters. The Kier molecular flexibility index (Phi) is 5.41. The molecule has 0 bridgehead atoms.